The van der Waals surface area contributed by atoms with Crippen molar-refractivity contribution in [3.8, 4) is 16.9 Å². The van der Waals surface area contributed by atoms with Gasteiger partial charge in [0.1, 0.15) is 11.9 Å². The first kappa shape index (κ1) is 23.1. The number of nitrogens with one attached hydrogen (secondary N) is 1. The molecular weight excluding hydrogens is 462 g/mol. The predicted molar refractivity (Wildman–Crippen MR) is 145 cm³/mol. The number of fused-ring (bicyclic) bond motifs is 1. The second-order valence-electron chi connectivity index (χ2n) is 9.49. The summed E-state index contributed by atoms with van der Waals surface area (Å²) in [6.07, 6.45) is 11.5. The maximum Gasteiger partial charge on any atom is 0.227 e. The van der Waals surface area contributed by atoms with E-state index in [4.69, 9.17) is 9.72 Å². The molecule has 0 spiro atoms. The highest BCUT2D eigenvalue weighted by atomic mass is 16.5. The normalized spacial score (nSPS) is 14.6. The number of aromatic nitrogens is 5. The van der Waals surface area contributed by atoms with Crippen LogP contribution in [-0.2, 0) is 6.54 Å². The highest BCUT2D eigenvalue weighted by Gasteiger charge is 2.20. The molecule has 6 rings (SSSR count). The summed E-state index contributed by atoms with van der Waals surface area (Å²) in [5, 5.41) is 8.56. The highest BCUT2D eigenvalue weighted by molar-refractivity contribution is 5.88. The molecule has 1 aliphatic heterocycles. The second kappa shape index (κ2) is 10.4. The standard InChI is InChI=1S/C29H29N7O/c1-35-14-9-25(10-15-35)37-28-17-27-23(16-26(28)22-4-2-11-30-18-22)19-31-29(34-27)33-24-7-5-21(6-8-24)20-36-13-3-12-32-36/h2-8,11-13,16-19,25H,9-10,14-15,20H2,1H3,(H,31,33,34). The maximum atomic E-state index is 6.57. The van der Waals surface area contributed by atoms with Gasteiger partial charge in [-0.05, 0) is 55.8 Å². The molecule has 1 saturated heterocycles. The summed E-state index contributed by atoms with van der Waals surface area (Å²) in [6, 6.07) is 18.3. The number of nitrogens with zero attached hydrogens (tertiary/aromatic N) is 6. The lowest BCUT2D eigenvalue weighted by Crippen LogP contribution is -2.35. The van der Waals surface area contributed by atoms with E-state index in [9.17, 15) is 0 Å². The lowest BCUT2D eigenvalue weighted by molar-refractivity contribution is 0.115. The number of likely N-dealkylation sites (tertiary alicyclic amines) is 1. The second-order valence-corrected chi connectivity index (χ2v) is 9.49. The summed E-state index contributed by atoms with van der Waals surface area (Å²) in [4.78, 5) is 16.1. The summed E-state index contributed by atoms with van der Waals surface area (Å²) < 4.78 is 8.47. The van der Waals surface area contributed by atoms with Gasteiger partial charge < -0.3 is 15.0 Å². The Balaban J connectivity index is 1.26. The van der Waals surface area contributed by atoms with E-state index in [1.165, 1.54) is 5.56 Å². The van der Waals surface area contributed by atoms with Crippen LogP contribution in [0, 0.1) is 0 Å². The Morgan fingerprint density at radius 2 is 1.86 bits per heavy atom. The van der Waals surface area contributed by atoms with Crippen LogP contribution in [0.15, 0.2) is 85.6 Å². The van der Waals surface area contributed by atoms with E-state index in [1.54, 1.807) is 12.4 Å². The van der Waals surface area contributed by atoms with Gasteiger partial charge in [-0.3, -0.25) is 9.67 Å². The van der Waals surface area contributed by atoms with Crippen molar-refractivity contribution in [2.45, 2.75) is 25.5 Å². The molecule has 3 aromatic heterocycles. The van der Waals surface area contributed by atoms with Gasteiger partial charge in [-0.1, -0.05) is 18.2 Å². The van der Waals surface area contributed by atoms with Crippen molar-refractivity contribution in [2.24, 2.45) is 0 Å². The van der Waals surface area contributed by atoms with Gasteiger partial charge in [0.05, 0.1) is 12.1 Å². The smallest absolute Gasteiger partial charge is 0.227 e. The fourth-order valence-electron chi connectivity index (χ4n) is 4.65. The zero-order chi connectivity index (χ0) is 25.0. The third-order valence-electron chi connectivity index (χ3n) is 6.73. The number of ether oxygens (including phenoxy) is 1. The van der Waals surface area contributed by atoms with Crippen molar-refractivity contribution in [1.29, 1.82) is 0 Å². The third-order valence-corrected chi connectivity index (χ3v) is 6.73. The number of hydrogen-bond donors (Lipinski definition) is 1. The molecule has 2 aromatic carbocycles. The molecule has 4 heterocycles. The average molecular weight is 492 g/mol. The Hall–Kier alpha value is -4.30. The van der Waals surface area contributed by atoms with Crippen LogP contribution in [0.4, 0.5) is 11.6 Å². The first-order chi connectivity index (χ1) is 18.2. The zero-order valence-electron chi connectivity index (χ0n) is 20.8. The van der Waals surface area contributed by atoms with Crippen LogP contribution in [-0.4, -0.2) is 55.9 Å². The van der Waals surface area contributed by atoms with Crippen LogP contribution in [0.3, 0.4) is 0 Å². The van der Waals surface area contributed by atoms with Gasteiger partial charge in [0, 0.05) is 72.3 Å². The van der Waals surface area contributed by atoms with Crippen LogP contribution in [0.25, 0.3) is 22.0 Å². The molecule has 0 saturated carbocycles. The summed E-state index contributed by atoms with van der Waals surface area (Å²) in [7, 11) is 2.16. The van der Waals surface area contributed by atoms with E-state index < -0.39 is 0 Å². The lowest BCUT2D eigenvalue weighted by Gasteiger charge is -2.30. The molecule has 37 heavy (non-hydrogen) atoms. The van der Waals surface area contributed by atoms with Crippen LogP contribution in [0.1, 0.15) is 18.4 Å². The summed E-state index contributed by atoms with van der Waals surface area (Å²) in [5.41, 5.74) is 4.97. The van der Waals surface area contributed by atoms with Crippen molar-refractivity contribution in [1.82, 2.24) is 29.6 Å². The minimum absolute atomic E-state index is 0.184. The Kier molecular flexibility index (Phi) is 6.47. The van der Waals surface area contributed by atoms with Gasteiger partial charge in [0.15, 0.2) is 0 Å². The minimum Gasteiger partial charge on any atom is -0.490 e. The topological polar surface area (TPSA) is 81.0 Å². The molecule has 1 fully saturated rings. The quantitative estimate of drug-likeness (QED) is 0.337. The van der Waals surface area contributed by atoms with Gasteiger partial charge in [-0.15, -0.1) is 0 Å². The number of benzene rings is 2. The van der Waals surface area contributed by atoms with Gasteiger partial charge in [-0.2, -0.15) is 5.10 Å². The SMILES string of the molecule is CN1CCC(Oc2cc3nc(Nc4ccc(Cn5cccn5)cc4)ncc3cc2-c2cccnc2)CC1. The van der Waals surface area contributed by atoms with Crippen LogP contribution in [0.2, 0.25) is 0 Å². The van der Waals surface area contributed by atoms with E-state index in [0.29, 0.717) is 5.95 Å². The van der Waals surface area contributed by atoms with Gasteiger partial charge in [-0.25, -0.2) is 9.97 Å². The number of rotatable bonds is 7. The molecule has 0 radical (unpaired) electrons. The largest absolute Gasteiger partial charge is 0.490 e. The molecule has 0 unspecified atom stereocenters. The predicted octanol–water partition coefficient (Wildman–Crippen LogP) is 5.15. The number of anilines is 2. The average Bonchev–Trinajstić information content (AvgIpc) is 3.44. The van der Waals surface area contributed by atoms with E-state index in [2.05, 4.69) is 56.6 Å². The molecule has 8 nitrogen and oxygen atoms in total. The lowest BCUT2D eigenvalue weighted by atomic mass is 10.0. The van der Waals surface area contributed by atoms with E-state index >= 15 is 0 Å². The van der Waals surface area contributed by atoms with Crippen LogP contribution >= 0.6 is 0 Å². The Labute approximate surface area is 216 Å². The number of piperidine rings is 1. The van der Waals surface area contributed by atoms with Gasteiger partial charge in [0.25, 0.3) is 0 Å². The van der Waals surface area contributed by atoms with Crippen molar-refractivity contribution in [3.63, 3.8) is 0 Å². The molecule has 0 atom stereocenters. The monoisotopic (exact) mass is 491 g/mol. The zero-order valence-corrected chi connectivity index (χ0v) is 20.8. The van der Waals surface area contributed by atoms with Gasteiger partial charge in [0.2, 0.25) is 5.95 Å². The molecule has 1 aliphatic rings. The molecule has 0 amide bonds. The molecule has 186 valence electrons. The van der Waals surface area contributed by atoms with Crippen molar-refractivity contribution in [3.05, 3.63) is 91.1 Å². The number of hydrogen-bond acceptors (Lipinski definition) is 7. The van der Waals surface area contributed by atoms with Gasteiger partial charge >= 0.3 is 0 Å². The first-order valence-electron chi connectivity index (χ1n) is 12.6. The highest BCUT2D eigenvalue weighted by Crippen LogP contribution is 2.35. The number of pyridine rings is 1. The molecule has 1 N–H and O–H groups in total. The van der Waals surface area contributed by atoms with Crippen molar-refractivity contribution >= 4 is 22.5 Å². The van der Waals surface area contributed by atoms with E-state index in [-0.39, 0.29) is 6.10 Å². The maximum absolute atomic E-state index is 6.57. The Morgan fingerprint density at radius 3 is 2.62 bits per heavy atom. The van der Waals surface area contributed by atoms with E-state index in [1.807, 2.05) is 53.6 Å². The molecular formula is C29H29N7O. The Bertz CT molecular complexity index is 1460. The molecule has 0 aliphatic carbocycles. The fraction of sp³-hybridized carbons (Fsp3) is 0.241. The summed E-state index contributed by atoms with van der Waals surface area (Å²) in [6.45, 7) is 2.81. The summed E-state index contributed by atoms with van der Waals surface area (Å²) in [5.74, 6) is 1.38. The van der Waals surface area contributed by atoms with Crippen molar-refractivity contribution < 1.29 is 4.74 Å². The van der Waals surface area contributed by atoms with Crippen molar-refractivity contribution in [2.75, 3.05) is 25.5 Å². The Morgan fingerprint density at radius 1 is 1.00 bits per heavy atom. The van der Waals surface area contributed by atoms with Crippen LogP contribution < -0.4 is 10.1 Å². The summed E-state index contributed by atoms with van der Waals surface area (Å²) >= 11 is 0. The van der Waals surface area contributed by atoms with Crippen LogP contribution in [0.5, 0.6) is 5.75 Å². The fourth-order valence-corrected chi connectivity index (χ4v) is 4.65. The first-order valence-corrected chi connectivity index (χ1v) is 12.6. The third kappa shape index (κ3) is 5.44. The van der Waals surface area contributed by atoms with E-state index in [0.717, 1.165) is 65.9 Å². The molecule has 0 bridgehead atoms. The minimum atomic E-state index is 0.184. The molecule has 5 aromatic rings. The molecule has 8 heteroatoms.